The van der Waals surface area contributed by atoms with Gasteiger partial charge in [-0.2, -0.15) is 0 Å². The lowest BCUT2D eigenvalue weighted by Gasteiger charge is -2.26. The number of carbonyl (C=O) groups is 2. The Kier molecular flexibility index (Phi) is 7.17. The molecule has 0 bridgehead atoms. The smallest absolute Gasteiger partial charge is 0.231 e. The molecule has 0 spiro atoms. The van der Waals surface area contributed by atoms with Crippen LogP contribution in [0.4, 0.5) is 4.39 Å². The van der Waals surface area contributed by atoms with Gasteiger partial charge in [0.1, 0.15) is 40.6 Å². The van der Waals surface area contributed by atoms with Crippen molar-refractivity contribution >= 4 is 11.7 Å². The highest BCUT2D eigenvalue weighted by molar-refractivity contribution is 5.97. The maximum Gasteiger partial charge on any atom is 0.231 e. The van der Waals surface area contributed by atoms with Gasteiger partial charge in [0.05, 0.1) is 23.7 Å². The van der Waals surface area contributed by atoms with E-state index in [1.54, 1.807) is 68.8 Å². The van der Waals surface area contributed by atoms with Crippen molar-refractivity contribution in [3.8, 4) is 34.0 Å². The number of fused-ring (bicyclic) bond motifs is 1. The Hall–Kier alpha value is -4.70. The van der Waals surface area contributed by atoms with Crippen LogP contribution < -0.4 is 15.2 Å². The number of ketones is 1. The molecule has 6 rings (SSSR count). The fourth-order valence-corrected chi connectivity index (χ4v) is 5.10. The number of hydrogen-bond acceptors (Lipinski definition) is 8. The fraction of sp³-hybridized carbons (Fsp3) is 0.303. The lowest BCUT2D eigenvalue weighted by atomic mass is 9.81. The number of amides is 1. The monoisotopic (exact) mass is 582 g/mol. The van der Waals surface area contributed by atoms with E-state index in [9.17, 15) is 19.1 Å². The molecule has 10 heteroatoms. The topological polar surface area (TPSA) is 138 Å². The molecule has 3 N–H and O–H groups in total. The average Bonchev–Trinajstić information content (AvgIpc) is 3.76. The number of aliphatic hydroxyl groups is 1. The van der Waals surface area contributed by atoms with E-state index in [4.69, 9.17) is 20.2 Å². The molecular formula is C33H31FN4O5. The Bertz CT molecular complexity index is 1710. The molecule has 1 aliphatic carbocycles. The Morgan fingerprint density at radius 2 is 1.93 bits per heavy atom. The van der Waals surface area contributed by atoms with Gasteiger partial charge in [0.15, 0.2) is 5.78 Å². The van der Waals surface area contributed by atoms with Gasteiger partial charge in [-0.15, -0.1) is 0 Å². The number of hydrogen-bond donors (Lipinski definition) is 2. The van der Waals surface area contributed by atoms with Gasteiger partial charge in [0.25, 0.3) is 0 Å². The molecule has 0 unspecified atom stereocenters. The minimum atomic E-state index is -1.56. The zero-order chi connectivity index (χ0) is 30.4. The van der Waals surface area contributed by atoms with E-state index in [0.717, 1.165) is 18.4 Å². The molecule has 0 radical (unpaired) electrons. The Labute approximate surface area is 247 Å². The molecule has 2 aliphatic rings. The third-order valence-electron chi connectivity index (χ3n) is 8.09. The van der Waals surface area contributed by atoms with E-state index in [2.05, 4.69) is 9.97 Å². The molecule has 9 nitrogen and oxygen atoms in total. The van der Waals surface area contributed by atoms with Crippen LogP contribution in [0.5, 0.6) is 11.5 Å². The third-order valence-corrected chi connectivity index (χ3v) is 8.09. The van der Waals surface area contributed by atoms with Crippen LogP contribution in [0.1, 0.15) is 61.1 Å². The highest BCUT2D eigenvalue weighted by atomic mass is 19.1. The number of nitrogens with zero attached hydrogens (tertiary/aromatic N) is 3. The second kappa shape index (κ2) is 10.9. The van der Waals surface area contributed by atoms with Gasteiger partial charge in [-0.1, -0.05) is 6.07 Å². The Balaban J connectivity index is 1.29. The first-order valence-corrected chi connectivity index (χ1v) is 14.1. The lowest BCUT2D eigenvalue weighted by Crippen LogP contribution is -2.40. The number of aromatic nitrogens is 3. The number of ether oxygens (including phenoxy) is 2. The first-order chi connectivity index (χ1) is 20.5. The number of benzene rings is 2. The second-order valence-electron chi connectivity index (χ2n) is 11.5. The molecule has 2 aromatic heterocycles. The molecule has 3 heterocycles. The molecule has 43 heavy (non-hydrogen) atoms. The number of nitrogens with two attached hydrogens (primary N) is 1. The van der Waals surface area contributed by atoms with Crippen molar-refractivity contribution in [1.29, 1.82) is 0 Å². The van der Waals surface area contributed by atoms with Crippen LogP contribution in [-0.2, 0) is 15.8 Å². The van der Waals surface area contributed by atoms with E-state index >= 15 is 0 Å². The summed E-state index contributed by atoms with van der Waals surface area (Å²) >= 11 is 0. The van der Waals surface area contributed by atoms with Crippen molar-refractivity contribution in [3.05, 3.63) is 89.8 Å². The highest BCUT2D eigenvalue weighted by Crippen LogP contribution is 2.46. The summed E-state index contributed by atoms with van der Waals surface area (Å²) in [7, 11) is 0. The van der Waals surface area contributed by atoms with E-state index in [1.807, 2.05) is 0 Å². The van der Waals surface area contributed by atoms with E-state index in [1.165, 1.54) is 12.1 Å². The SMILES string of the molecule is C[C@](O)(CCC(=O)c1ccc(-c2cnccn2)c(OC2CC2)c1)c1cc2c(c(-c3ccc(F)cc3)n1)OC[C@]2(C)C(N)=O. The normalized spacial score (nSPS) is 18.8. The summed E-state index contributed by atoms with van der Waals surface area (Å²) in [6.45, 7) is 3.25. The van der Waals surface area contributed by atoms with E-state index in [0.29, 0.717) is 39.6 Å². The van der Waals surface area contributed by atoms with Crippen molar-refractivity contribution in [3.63, 3.8) is 0 Å². The Morgan fingerprint density at radius 1 is 1.16 bits per heavy atom. The van der Waals surface area contributed by atoms with Crippen molar-refractivity contribution in [2.24, 2.45) is 5.73 Å². The summed E-state index contributed by atoms with van der Waals surface area (Å²) in [5.74, 6) is -0.264. The molecule has 1 saturated carbocycles. The molecular weight excluding hydrogens is 551 g/mol. The largest absolute Gasteiger partial charge is 0.490 e. The molecule has 220 valence electrons. The maximum atomic E-state index is 13.7. The summed E-state index contributed by atoms with van der Waals surface area (Å²) in [4.78, 5) is 39.1. The van der Waals surface area contributed by atoms with Crippen LogP contribution in [0.15, 0.2) is 67.1 Å². The first-order valence-electron chi connectivity index (χ1n) is 14.1. The predicted octanol–water partition coefficient (Wildman–Crippen LogP) is 4.89. The Morgan fingerprint density at radius 3 is 2.60 bits per heavy atom. The number of halogens is 1. The van der Waals surface area contributed by atoms with Gasteiger partial charge in [-0.05, 0) is 75.6 Å². The third kappa shape index (κ3) is 5.58. The average molecular weight is 583 g/mol. The second-order valence-corrected chi connectivity index (χ2v) is 11.5. The summed E-state index contributed by atoms with van der Waals surface area (Å²) in [6.07, 6.45) is 6.90. The molecule has 1 aliphatic heterocycles. The van der Waals surface area contributed by atoms with Crippen LogP contribution in [0.3, 0.4) is 0 Å². The zero-order valence-electron chi connectivity index (χ0n) is 23.8. The molecule has 4 aromatic rings. The summed E-state index contributed by atoms with van der Waals surface area (Å²) in [5.41, 5.74) is 6.51. The quantitative estimate of drug-likeness (QED) is 0.252. The molecule has 1 amide bonds. The van der Waals surface area contributed by atoms with Gasteiger partial charge in [-0.3, -0.25) is 19.6 Å². The highest BCUT2D eigenvalue weighted by Gasteiger charge is 2.45. The summed E-state index contributed by atoms with van der Waals surface area (Å²) in [5, 5.41) is 11.6. The standard InChI is InChI=1S/C33H31FN4O5/c1-32(31(35)40)18-42-30-24(32)16-28(38-29(30)19-3-6-21(34)7-4-19)33(2,41)12-11-26(39)20-5-10-23(25-17-36-13-14-37-25)27(15-20)43-22-8-9-22/h3-7,10,13-17,22,41H,8-9,11-12,18H2,1-2H3,(H2,35,40)/t32-,33-/m0/s1. The molecule has 0 saturated heterocycles. The number of Topliss-reactive ketones (excluding diaryl/α,β-unsaturated/α-hetero) is 1. The zero-order valence-corrected chi connectivity index (χ0v) is 23.8. The number of carbonyl (C=O) groups excluding carboxylic acids is 2. The first kappa shape index (κ1) is 28.4. The van der Waals surface area contributed by atoms with Gasteiger partial charge in [0, 0.05) is 41.1 Å². The molecule has 2 aromatic carbocycles. The summed E-state index contributed by atoms with van der Waals surface area (Å²) in [6, 6.07) is 12.5. The van der Waals surface area contributed by atoms with Crippen molar-refractivity contribution in [2.75, 3.05) is 6.61 Å². The van der Waals surface area contributed by atoms with Crippen LogP contribution in [-0.4, -0.2) is 44.5 Å². The lowest BCUT2D eigenvalue weighted by molar-refractivity contribution is -0.123. The summed E-state index contributed by atoms with van der Waals surface area (Å²) < 4.78 is 25.7. The van der Waals surface area contributed by atoms with Crippen molar-refractivity contribution in [1.82, 2.24) is 15.0 Å². The van der Waals surface area contributed by atoms with Gasteiger partial charge in [0.2, 0.25) is 5.91 Å². The van der Waals surface area contributed by atoms with Gasteiger partial charge in [-0.25, -0.2) is 9.37 Å². The van der Waals surface area contributed by atoms with Crippen LogP contribution in [0.2, 0.25) is 0 Å². The fourth-order valence-electron chi connectivity index (χ4n) is 5.10. The van der Waals surface area contributed by atoms with Crippen molar-refractivity contribution < 1.29 is 28.6 Å². The van der Waals surface area contributed by atoms with Gasteiger partial charge >= 0.3 is 0 Å². The van der Waals surface area contributed by atoms with Crippen molar-refractivity contribution in [2.45, 2.75) is 56.7 Å². The number of pyridine rings is 1. The van der Waals surface area contributed by atoms with Gasteiger partial charge < -0.3 is 20.3 Å². The number of rotatable bonds is 10. The maximum absolute atomic E-state index is 13.7. The number of primary amides is 1. The van der Waals surface area contributed by atoms with Crippen LogP contribution in [0.25, 0.3) is 22.5 Å². The van der Waals surface area contributed by atoms with E-state index < -0.39 is 22.7 Å². The molecule has 1 fully saturated rings. The van der Waals surface area contributed by atoms with E-state index in [-0.39, 0.29) is 37.0 Å². The van der Waals surface area contributed by atoms with Crippen LogP contribution >= 0.6 is 0 Å². The predicted molar refractivity (Wildman–Crippen MR) is 156 cm³/mol. The molecule has 2 atom stereocenters. The minimum absolute atomic E-state index is 0.00739. The van der Waals surface area contributed by atoms with Crippen LogP contribution in [0, 0.1) is 5.82 Å². The minimum Gasteiger partial charge on any atom is -0.490 e.